The van der Waals surface area contributed by atoms with Crippen molar-refractivity contribution in [1.29, 1.82) is 0 Å². The number of phenolic OH excluding ortho intramolecular Hbond substituents is 2. The van der Waals surface area contributed by atoms with Crippen LogP contribution in [0.5, 0.6) is 11.5 Å². The lowest BCUT2D eigenvalue weighted by Gasteiger charge is -2.36. The number of hydrogen-bond acceptors (Lipinski definition) is 7. The molecule has 1 heterocycles. The summed E-state index contributed by atoms with van der Waals surface area (Å²) in [6, 6.07) is 6.27. The van der Waals surface area contributed by atoms with Gasteiger partial charge in [0.15, 0.2) is 17.3 Å². The summed E-state index contributed by atoms with van der Waals surface area (Å²) in [5.74, 6) is -2.24. The van der Waals surface area contributed by atoms with Crippen LogP contribution < -0.4 is 0 Å². The Kier molecular flexibility index (Phi) is 4.76. The summed E-state index contributed by atoms with van der Waals surface area (Å²) < 4.78 is 0. The van der Waals surface area contributed by atoms with E-state index in [0.717, 1.165) is 13.0 Å². The van der Waals surface area contributed by atoms with Gasteiger partial charge in [0.25, 0.3) is 0 Å². The standard InChI is InChI=1S/C25H23NO6/c27-18(13-26-10-4-1-5-11-26)25(32)9-8-16-17(12-25)24(31)20-19(23(16)30)21(28)14-6-2-3-7-15(14)22(20)29/h1-4,6-7,30-32H,5,8-13H2/t25-/m1/s1. The Morgan fingerprint density at radius 3 is 2.19 bits per heavy atom. The highest BCUT2D eigenvalue weighted by molar-refractivity contribution is 6.30. The number of phenols is 2. The average Bonchev–Trinajstić information content (AvgIpc) is 2.80. The first kappa shape index (κ1) is 20.6. The molecule has 164 valence electrons. The molecule has 0 fully saturated rings. The molecule has 7 nitrogen and oxygen atoms in total. The molecule has 3 N–H and O–H groups in total. The summed E-state index contributed by atoms with van der Waals surface area (Å²) in [5, 5.41) is 33.1. The Morgan fingerprint density at radius 2 is 1.59 bits per heavy atom. The molecule has 0 aromatic heterocycles. The monoisotopic (exact) mass is 433 g/mol. The second-order valence-corrected chi connectivity index (χ2v) is 8.73. The summed E-state index contributed by atoms with van der Waals surface area (Å²) in [6.07, 6.45) is 4.81. The highest BCUT2D eigenvalue weighted by Gasteiger charge is 2.45. The number of hydrogen-bond donors (Lipinski definition) is 3. The van der Waals surface area contributed by atoms with E-state index in [1.54, 1.807) is 12.1 Å². The lowest BCUT2D eigenvalue weighted by Crippen LogP contribution is -2.49. The summed E-state index contributed by atoms with van der Waals surface area (Å²) in [7, 11) is 0. The van der Waals surface area contributed by atoms with Gasteiger partial charge >= 0.3 is 0 Å². The number of carbonyl (C=O) groups is 3. The lowest BCUT2D eigenvalue weighted by atomic mass is 9.73. The number of nitrogens with zero attached hydrogens (tertiary/aromatic N) is 1. The van der Waals surface area contributed by atoms with E-state index >= 15 is 0 Å². The number of ketones is 3. The van der Waals surface area contributed by atoms with Gasteiger partial charge < -0.3 is 15.3 Å². The number of Topliss-reactive ketones (excluding diaryl/α,β-unsaturated/α-hetero) is 1. The van der Waals surface area contributed by atoms with Crippen LogP contribution >= 0.6 is 0 Å². The molecule has 1 aliphatic heterocycles. The van der Waals surface area contributed by atoms with Crippen molar-refractivity contribution >= 4 is 17.3 Å². The topological polar surface area (TPSA) is 115 Å². The average molecular weight is 433 g/mol. The van der Waals surface area contributed by atoms with Crippen molar-refractivity contribution in [3.05, 3.63) is 69.8 Å². The van der Waals surface area contributed by atoms with Gasteiger partial charge in [-0.05, 0) is 19.3 Å². The fourth-order valence-electron chi connectivity index (χ4n) is 5.01. The van der Waals surface area contributed by atoms with E-state index in [1.807, 2.05) is 17.1 Å². The quantitative estimate of drug-likeness (QED) is 0.427. The van der Waals surface area contributed by atoms with Crippen LogP contribution in [0, 0.1) is 0 Å². The molecule has 0 bridgehead atoms. The van der Waals surface area contributed by atoms with Crippen molar-refractivity contribution in [1.82, 2.24) is 4.90 Å². The molecule has 0 radical (unpaired) electrons. The van der Waals surface area contributed by atoms with E-state index < -0.39 is 22.9 Å². The van der Waals surface area contributed by atoms with Crippen LogP contribution in [0.25, 0.3) is 0 Å². The Morgan fingerprint density at radius 1 is 0.969 bits per heavy atom. The van der Waals surface area contributed by atoms with Crippen LogP contribution in [-0.4, -0.2) is 62.8 Å². The van der Waals surface area contributed by atoms with Gasteiger partial charge in [0.05, 0.1) is 17.7 Å². The largest absolute Gasteiger partial charge is 0.507 e. The Bertz CT molecular complexity index is 1210. The molecule has 0 amide bonds. The van der Waals surface area contributed by atoms with Crippen molar-refractivity contribution in [2.75, 3.05) is 19.6 Å². The number of fused-ring (bicyclic) bond motifs is 3. The van der Waals surface area contributed by atoms with Gasteiger partial charge in [-0.2, -0.15) is 0 Å². The third kappa shape index (κ3) is 3.00. The van der Waals surface area contributed by atoms with Gasteiger partial charge in [-0.25, -0.2) is 0 Å². The van der Waals surface area contributed by atoms with Crippen molar-refractivity contribution in [2.24, 2.45) is 0 Å². The zero-order valence-electron chi connectivity index (χ0n) is 17.4. The SMILES string of the molecule is O=C1c2ccccc2C(=O)c2c(O)c3c(c(O)c21)CC[C@](O)(C(=O)CN1CC=CCC1)C3. The smallest absolute Gasteiger partial charge is 0.198 e. The molecule has 0 unspecified atom stereocenters. The van der Waals surface area contributed by atoms with E-state index in [4.69, 9.17) is 0 Å². The highest BCUT2D eigenvalue weighted by atomic mass is 16.3. The molecular formula is C25H23NO6. The van der Waals surface area contributed by atoms with E-state index in [0.29, 0.717) is 12.1 Å². The summed E-state index contributed by atoms with van der Waals surface area (Å²) in [6.45, 7) is 1.44. The fourth-order valence-corrected chi connectivity index (χ4v) is 5.01. The van der Waals surface area contributed by atoms with Gasteiger partial charge in [0, 0.05) is 41.8 Å². The number of benzene rings is 2. The van der Waals surface area contributed by atoms with Crippen LogP contribution in [-0.2, 0) is 17.6 Å². The Balaban J connectivity index is 1.54. The molecule has 2 aromatic carbocycles. The maximum absolute atomic E-state index is 13.1. The van der Waals surface area contributed by atoms with E-state index in [1.165, 1.54) is 12.1 Å². The normalized spacial score (nSPS) is 22.3. The molecule has 7 heteroatoms. The number of carbonyl (C=O) groups excluding carboxylic acids is 3. The predicted molar refractivity (Wildman–Crippen MR) is 115 cm³/mol. The van der Waals surface area contributed by atoms with Crippen LogP contribution in [0.2, 0.25) is 0 Å². The zero-order valence-corrected chi connectivity index (χ0v) is 17.4. The minimum absolute atomic E-state index is 0.0625. The molecule has 32 heavy (non-hydrogen) atoms. The second-order valence-electron chi connectivity index (χ2n) is 8.73. The predicted octanol–water partition coefficient (Wildman–Crippen LogP) is 1.92. The van der Waals surface area contributed by atoms with E-state index in [9.17, 15) is 29.7 Å². The molecule has 2 aliphatic carbocycles. The maximum Gasteiger partial charge on any atom is 0.198 e. The third-order valence-corrected chi connectivity index (χ3v) is 6.82. The molecule has 1 atom stereocenters. The Labute approximate surface area is 184 Å². The molecule has 3 aliphatic rings. The molecular weight excluding hydrogens is 410 g/mol. The molecule has 0 saturated heterocycles. The lowest BCUT2D eigenvalue weighted by molar-refractivity contribution is -0.139. The van der Waals surface area contributed by atoms with Crippen molar-refractivity contribution in [3.63, 3.8) is 0 Å². The summed E-state index contributed by atoms with van der Waals surface area (Å²) >= 11 is 0. The van der Waals surface area contributed by atoms with Crippen LogP contribution in [0.1, 0.15) is 55.8 Å². The number of aliphatic hydroxyl groups is 1. The van der Waals surface area contributed by atoms with Crippen molar-refractivity contribution in [2.45, 2.75) is 31.3 Å². The summed E-state index contributed by atoms with van der Waals surface area (Å²) in [4.78, 5) is 41.1. The van der Waals surface area contributed by atoms with Gasteiger partial charge in [-0.15, -0.1) is 0 Å². The third-order valence-electron chi connectivity index (χ3n) is 6.82. The summed E-state index contributed by atoms with van der Waals surface area (Å²) in [5.41, 5.74) is -1.39. The minimum Gasteiger partial charge on any atom is -0.507 e. The van der Waals surface area contributed by atoms with Gasteiger partial charge in [0.2, 0.25) is 0 Å². The first-order valence-electron chi connectivity index (χ1n) is 10.7. The van der Waals surface area contributed by atoms with Crippen LogP contribution in [0.15, 0.2) is 36.4 Å². The number of aromatic hydroxyl groups is 2. The van der Waals surface area contributed by atoms with E-state index in [-0.39, 0.29) is 65.2 Å². The van der Waals surface area contributed by atoms with Gasteiger partial charge in [0.1, 0.15) is 17.1 Å². The molecule has 0 saturated carbocycles. The molecule has 0 spiro atoms. The minimum atomic E-state index is -1.72. The molecule has 2 aromatic rings. The first-order chi connectivity index (χ1) is 15.3. The maximum atomic E-state index is 13.1. The first-order valence-corrected chi connectivity index (χ1v) is 10.7. The van der Waals surface area contributed by atoms with Crippen LogP contribution in [0.3, 0.4) is 0 Å². The van der Waals surface area contributed by atoms with Crippen molar-refractivity contribution in [3.8, 4) is 11.5 Å². The number of rotatable bonds is 3. The van der Waals surface area contributed by atoms with Crippen molar-refractivity contribution < 1.29 is 29.7 Å². The zero-order chi connectivity index (χ0) is 22.6. The second kappa shape index (κ2) is 7.39. The van der Waals surface area contributed by atoms with Gasteiger partial charge in [-0.3, -0.25) is 19.3 Å². The Hall–Kier alpha value is -3.29. The fraction of sp³-hybridized carbons (Fsp3) is 0.320. The molecule has 5 rings (SSSR count). The highest BCUT2D eigenvalue weighted by Crippen LogP contribution is 2.47. The van der Waals surface area contributed by atoms with Crippen LogP contribution in [0.4, 0.5) is 0 Å². The van der Waals surface area contributed by atoms with Gasteiger partial charge in [-0.1, -0.05) is 36.4 Å². The van der Waals surface area contributed by atoms with E-state index in [2.05, 4.69) is 0 Å².